The molecule has 1 aliphatic rings. The van der Waals surface area contributed by atoms with E-state index in [4.69, 9.17) is 9.47 Å². The lowest BCUT2D eigenvalue weighted by molar-refractivity contribution is -0.0379. The normalized spacial score (nSPS) is 17.7. The van der Waals surface area contributed by atoms with Gasteiger partial charge in [-0.1, -0.05) is 36.4 Å². The van der Waals surface area contributed by atoms with Gasteiger partial charge >= 0.3 is 0 Å². The van der Waals surface area contributed by atoms with Crippen molar-refractivity contribution in [2.24, 2.45) is 0 Å². The third-order valence-corrected chi connectivity index (χ3v) is 2.51. The fraction of sp³-hybridized carbons (Fsp3) is 0.385. The summed E-state index contributed by atoms with van der Waals surface area (Å²) >= 11 is 0. The van der Waals surface area contributed by atoms with Crippen LogP contribution in [0.4, 0.5) is 0 Å². The quantitative estimate of drug-likeness (QED) is 0.753. The minimum absolute atomic E-state index is 0.0368. The van der Waals surface area contributed by atoms with E-state index >= 15 is 0 Å². The lowest BCUT2D eigenvalue weighted by atomic mass is 10.1. The molecule has 0 N–H and O–H groups in total. The Balaban J connectivity index is 1.90. The highest BCUT2D eigenvalue weighted by atomic mass is 16.7. The molecule has 0 bridgehead atoms. The molecule has 1 aliphatic heterocycles. The molecule has 80 valence electrons. The summed E-state index contributed by atoms with van der Waals surface area (Å²) in [4.78, 5) is 0. The van der Waals surface area contributed by atoms with Crippen molar-refractivity contribution in [3.8, 4) is 0 Å². The van der Waals surface area contributed by atoms with Crippen molar-refractivity contribution in [1.29, 1.82) is 0 Å². The van der Waals surface area contributed by atoms with Gasteiger partial charge in [0.15, 0.2) is 6.29 Å². The molecular formula is C13H16O2. The maximum atomic E-state index is 5.35. The molecule has 0 radical (unpaired) electrons. The first-order valence-corrected chi connectivity index (χ1v) is 5.31. The Morgan fingerprint density at radius 1 is 1.27 bits per heavy atom. The van der Waals surface area contributed by atoms with Crippen LogP contribution < -0.4 is 0 Å². The van der Waals surface area contributed by atoms with Gasteiger partial charge in [0.05, 0.1) is 13.2 Å². The van der Waals surface area contributed by atoms with Crippen molar-refractivity contribution in [1.82, 2.24) is 0 Å². The summed E-state index contributed by atoms with van der Waals surface area (Å²) in [5.41, 5.74) is 2.55. The summed E-state index contributed by atoms with van der Waals surface area (Å²) in [6, 6.07) is 8.33. The van der Waals surface area contributed by atoms with E-state index in [1.54, 1.807) is 0 Å². The maximum absolute atomic E-state index is 5.35. The second kappa shape index (κ2) is 5.10. The SMILES string of the molecule is Cc1ccccc1/C=C/CC1OCCO1. The standard InChI is InChI=1S/C13H16O2/c1-11-5-2-3-6-12(11)7-4-8-13-14-9-10-15-13/h2-7,13H,8-10H2,1H3/b7-4+. The number of benzene rings is 1. The molecule has 1 aromatic carbocycles. The maximum Gasteiger partial charge on any atom is 0.161 e. The van der Waals surface area contributed by atoms with Crippen molar-refractivity contribution < 1.29 is 9.47 Å². The molecule has 2 rings (SSSR count). The van der Waals surface area contributed by atoms with Crippen molar-refractivity contribution in [3.05, 3.63) is 41.5 Å². The van der Waals surface area contributed by atoms with Crippen molar-refractivity contribution in [2.75, 3.05) is 13.2 Å². The van der Waals surface area contributed by atoms with Crippen LogP contribution in [-0.4, -0.2) is 19.5 Å². The topological polar surface area (TPSA) is 18.5 Å². The third kappa shape index (κ3) is 2.91. The summed E-state index contributed by atoms with van der Waals surface area (Å²) in [6.07, 6.45) is 5.03. The highest BCUT2D eigenvalue weighted by Gasteiger charge is 2.13. The van der Waals surface area contributed by atoms with Gasteiger partial charge in [0, 0.05) is 6.42 Å². The predicted octanol–water partition coefficient (Wildman–Crippen LogP) is 2.77. The van der Waals surface area contributed by atoms with Crippen LogP contribution in [0.15, 0.2) is 30.3 Å². The summed E-state index contributed by atoms with van der Waals surface area (Å²) in [5.74, 6) is 0. The van der Waals surface area contributed by atoms with Crippen LogP contribution >= 0.6 is 0 Å². The van der Waals surface area contributed by atoms with Gasteiger partial charge in [0.2, 0.25) is 0 Å². The average Bonchev–Trinajstić information content (AvgIpc) is 2.74. The number of hydrogen-bond donors (Lipinski definition) is 0. The Bertz CT molecular complexity index is 338. The van der Waals surface area contributed by atoms with Crippen LogP contribution in [0.25, 0.3) is 6.08 Å². The smallest absolute Gasteiger partial charge is 0.161 e. The molecule has 0 aromatic heterocycles. The molecule has 1 fully saturated rings. The molecule has 0 unspecified atom stereocenters. The van der Waals surface area contributed by atoms with E-state index in [2.05, 4.69) is 43.3 Å². The first-order chi connectivity index (χ1) is 7.36. The first-order valence-electron chi connectivity index (χ1n) is 5.31. The van der Waals surface area contributed by atoms with Crippen LogP contribution in [0.2, 0.25) is 0 Å². The monoisotopic (exact) mass is 204 g/mol. The number of hydrogen-bond acceptors (Lipinski definition) is 2. The minimum atomic E-state index is -0.0368. The van der Waals surface area contributed by atoms with Crippen LogP contribution in [-0.2, 0) is 9.47 Å². The van der Waals surface area contributed by atoms with E-state index in [9.17, 15) is 0 Å². The van der Waals surface area contributed by atoms with Gasteiger partial charge in [-0.25, -0.2) is 0 Å². The third-order valence-electron chi connectivity index (χ3n) is 2.51. The summed E-state index contributed by atoms with van der Waals surface area (Å²) in [5, 5.41) is 0. The Hall–Kier alpha value is -1.12. The largest absolute Gasteiger partial charge is 0.350 e. The lowest BCUT2D eigenvalue weighted by Gasteiger charge is -2.04. The molecule has 1 heterocycles. The fourth-order valence-corrected chi connectivity index (χ4v) is 1.62. The highest BCUT2D eigenvalue weighted by molar-refractivity contribution is 5.53. The van der Waals surface area contributed by atoms with Crippen LogP contribution in [0.1, 0.15) is 17.5 Å². The summed E-state index contributed by atoms with van der Waals surface area (Å²) < 4.78 is 10.7. The van der Waals surface area contributed by atoms with Crippen LogP contribution in [0.5, 0.6) is 0 Å². The second-order valence-corrected chi connectivity index (χ2v) is 3.67. The predicted molar refractivity (Wildman–Crippen MR) is 60.5 cm³/mol. The summed E-state index contributed by atoms with van der Waals surface area (Å²) in [6.45, 7) is 3.56. The van der Waals surface area contributed by atoms with Gasteiger partial charge in [0.1, 0.15) is 0 Å². The van der Waals surface area contributed by atoms with Gasteiger partial charge < -0.3 is 9.47 Å². The minimum Gasteiger partial charge on any atom is -0.350 e. The van der Waals surface area contributed by atoms with Crippen molar-refractivity contribution in [2.45, 2.75) is 19.6 Å². The van der Waals surface area contributed by atoms with E-state index in [1.807, 2.05) is 0 Å². The second-order valence-electron chi connectivity index (χ2n) is 3.67. The zero-order valence-electron chi connectivity index (χ0n) is 8.98. The first kappa shape index (κ1) is 10.4. The Morgan fingerprint density at radius 2 is 2.00 bits per heavy atom. The molecule has 0 saturated carbocycles. The fourth-order valence-electron chi connectivity index (χ4n) is 1.62. The van der Waals surface area contributed by atoms with E-state index in [1.165, 1.54) is 11.1 Å². The highest BCUT2D eigenvalue weighted by Crippen LogP contribution is 2.12. The lowest BCUT2D eigenvalue weighted by Crippen LogP contribution is -2.04. The molecule has 2 nitrogen and oxygen atoms in total. The Kier molecular flexibility index (Phi) is 3.54. The zero-order chi connectivity index (χ0) is 10.5. The molecule has 0 amide bonds. The van der Waals surface area contributed by atoms with E-state index in [0.717, 1.165) is 19.6 Å². The molecular weight excluding hydrogens is 188 g/mol. The van der Waals surface area contributed by atoms with Gasteiger partial charge in [-0.2, -0.15) is 0 Å². The molecule has 1 aromatic rings. The van der Waals surface area contributed by atoms with Gasteiger partial charge in [-0.05, 0) is 18.1 Å². The zero-order valence-corrected chi connectivity index (χ0v) is 8.98. The number of rotatable bonds is 3. The van der Waals surface area contributed by atoms with Crippen LogP contribution in [0.3, 0.4) is 0 Å². The average molecular weight is 204 g/mol. The molecule has 0 spiro atoms. The van der Waals surface area contributed by atoms with E-state index in [0.29, 0.717) is 0 Å². The number of ether oxygens (including phenoxy) is 2. The molecule has 1 saturated heterocycles. The van der Waals surface area contributed by atoms with E-state index < -0.39 is 0 Å². The Labute approximate surface area is 90.5 Å². The molecule has 0 atom stereocenters. The van der Waals surface area contributed by atoms with Crippen molar-refractivity contribution in [3.63, 3.8) is 0 Å². The molecule has 2 heteroatoms. The number of aryl methyl sites for hydroxylation is 1. The van der Waals surface area contributed by atoms with Crippen molar-refractivity contribution >= 4 is 6.08 Å². The van der Waals surface area contributed by atoms with Gasteiger partial charge in [-0.15, -0.1) is 0 Å². The Morgan fingerprint density at radius 3 is 2.73 bits per heavy atom. The van der Waals surface area contributed by atoms with Crippen LogP contribution in [0, 0.1) is 6.92 Å². The van der Waals surface area contributed by atoms with E-state index in [-0.39, 0.29) is 6.29 Å². The van der Waals surface area contributed by atoms with Gasteiger partial charge in [-0.3, -0.25) is 0 Å². The summed E-state index contributed by atoms with van der Waals surface area (Å²) in [7, 11) is 0. The molecule has 0 aliphatic carbocycles. The molecule has 15 heavy (non-hydrogen) atoms. The van der Waals surface area contributed by atoms with Gasteiger partial charge in [0.25, 0.3) is 0 Å².